The molecule has 0 radical (unpaired) electrons. The average molecular weight is 305 g/mol. The van der Waals surface area contributed by atoms with E-state index in [1.807, 2.05) is 24.3 Å². The van der Waals surface area contributed by atoms with Gasteiger partial charge in [0.2, 0.25) is 5.91 Å². The zero-order chi connectivity index (χ0) is 15.9. The molecule has 1 aromatic carbocycles. The second kappa shape index (κ2) is 7.91. The van der Waals surface area contributed by atoms with Gasteiger partial charge in [-0.05, 0) is 25.5 Å². The van der Waals surface area contributed by atoms with Gasteiger partial charge in [-0.1, -0.05) is 12.1 Å². The van der Waals surface area contributed by atoms with Crippen molar-refractivity contribution in [1.29, 1.82) is 0 Å². The molecule has 1 fully saturated rings. The molecule has 1 heterocycles. The standard InChI is InChI=1S/C16H23N3O3/c1-12(20)13(17)6-7-16(21)18-14-4-2-3-5-15(14)19-8-10-22-11-9-19/h2-5,13H,6-11,17H2,1H3,(H,18,21)/t13-/m0/s1. The van der Waals surface area contributed by atoms with Crippen molar-refractivity contribution >= 4 is 23.1 Å². The Balaban J connectivity index is 1.97. The summed E-state index contributed by atoms with van der Waals surface area (Å²) < 4.78 is 5.35. The Bertz CT molecular complexity index is 527. The van der Waals surface area contributed by atoms with Crippen LogP contribution in [0.5, 0.6) is 0 Å². The van der Waals surface area contributed by atoms with Crippen LogP contribution in [0.4, 0.5) is 11.4 Å². The van der Waals surface area contributed by atoms with Gasteiger partial charge >= 0.3 is 0 Å². The van der Waals surface area contributed by atoms with Crippen LogP contribution >= 0.6 is 0 Å². The minimum Gasteiger partial charge on any atom is -0.378 e. The normalized spacial score (nSPS) is 16.2. The second-order valence-electron chi connectivity index (χ2n) is 5.42. The quantitative estimate of drug-likeness (QED) is 0.824. The molecular formula is C16H23N3O3. The smallest absolute Gasteiger partial charge is 0.224 e. The lowest BCUT2D eigenvalue weighted by molar-refractivity contribution is -0.119. The number of carbonyl (C=O) groups is 2. The molecule has 3 N–H and O–H groups in total. The van der Waals surface area contributed by atoms with Crippen molar-refractivity contribution < 1.29 is 14.3 Å². The van der Waals surface area contributed by atoms with Crippen LogP contribution < -0.4 is 16.0 Å². The summed E-state index contributed by atoms with van der Waals surface area (Å²) in [6.07, 6.45) is 0.596. The summed E-state index contributed by atoms with van der Waals surface area (Å²) in [5, 5.41) is 2.91. The molecule has 1 aromatic rings. The monoisotopic (exact) mass is 305 g/mol. The van der Waals surface area contributed by atoms with Crippen molar-refractivity contribution in [1.82, 2.24) is 0 Å². The van der Waals surface area contributed by atoms with E-state index in [9.17, 15) is 9.59 Å². The highest BCUT2D eigenvalue weighted by Gasteiger charge is 2.16. The Morgan fingerprint density at radius 3 is 2.68 bits per heavy atom. The molecule has 0 aromatic heterocycles. The molecule has 1 atom stereocenters. The predicted molar refractivity (Wildman–Crippen MR) is 86.0 cm³/mol. The number of Topliss-reactive ketones (excluding diaryl/α,β-unsaturated/α-hetero) is 1. The summed E-state index contributed by atoms with van der Waals surface area (Å²) in [4.78, 5) is 25.3. The molecule has 0 bridgehead atoms. The zero-order valence-electron chi connectivity index (χ0n) is 12.9. The van der Waals surface area contributed by atoms with Crippen molar-refractivity contribution in [3.05, 3.63) is 24.3 Å². The van der Waals surface area contributed by atoms with Gasteiger partial charge in [-0.3, -0.25) is 9.59 Å². The van der Waals surface area contributed by atoms with Gasteiger partial charge in [0.15, 0.2) is 0 Å². The van der Waals surface area contributed by atoms with E-state index < -0.39 is 6.04 Å². The maximum absolute atomic E-state index is 12.1. The van der Waals surface area contributed by atoms with E-state index in [-0.39, 0.29) is 18.1 Å². The van der Waals surface area contributed by atoms with Crippen LogP contribution in [0.3, 0.4) is 0 Å². The van der Waals surface area contributed by atoms with E-state index in [0.717, 1.165) is 24.5 Å². The lowest BCUT2D eigenvalue weighted by Crippen LogP contribution is -2.36. The lowest BCUT2D eigenvalue weighted by Gasteiger charge is -2.30. The first-order valence-electron chi connectivity index (χ1n) is 7.55. The van der Waals surface area contributed by atoms with Crippen LogP contribution in [0, 0.1) is 0 Å². The number of rotatable bonds is 6. The molecule has 0 saturated carbocycles. The van der Waals surface area contributed by atoms with Crippen LogP contribution in [0.1, 0.15) is 19.8 Å². The summed E-state index contributed by atoms with van der Waals surface area (Å²) in [7, 11) is 0. The van der Waals surface area contributed by atoms with Crippen LogP contribution in [-0.2, 0) is 14.3 Å². The first-order valence-corrected chi connectivity index (χ1v) is 7.55. The third-order valence-corrected chi connectivity index (χ3v) is 3.73. The number of nitrogens with two attached hydrogens (primary N) is 1. The molecule has 120 valence electrons. The van der Waals surface area contributed by atoms with E-state index >= 15 is 0 Å². The molecular weight excluding hydrogens is 282 g/mol. The van der Waals surface area contributed by atoms with Crippen LogP contribution in [0.25, 0.3) is 0 Å². The van der Waals surface area contributed by atoms with E-state index in [1.165, 1.54) is 6.92 Å². The summed E-state index contributed by atoms with van der Waals surface area (Å²) in [6.45, 7) is 4.44. The molecule has 1 aliphatic rings. The fraction of sp³-hybridized carbons (Fsp3) is 0.500. The molecule has 0 spiro atoms. The van der Waals surface area contributed by atoms with E-state index in [1.54, 1.807) is 0 Å². The van der Waals surface area contributed by atoms with Gasteiger partial charge < -0.3 is 20.7 Å². The number of hydrogen-bond acceptors (Lipinski definition) is 5. The Hall–Kier alpha value is -1.92. The summed E-state index contributed by atoms with van der Waals surface area (Å²) in [6, 6.07) is 7.14. The summed E-state index contributed by atoms with van der Waals surface area (Å²) in [5.74, 6) is -0.223. The van der Waals surface area contributed by atoms with Crippen LogP contribution in [-0.4, -0.2) is 44.0 Å². The number of morpholine rings is 1. The number of ether oxygens (including phenoxy) is 1. The minimum atomic E-state index is -0.569. The van der Waals surface area contributed by atoms with Gasteiger partial charge in [0.25, 0.3) is 0 Å². The van der Waals surface area contributed by atoms with Gasteiger partial charge in [0.05, 0.1) is 30.6 Å². The molecule has 0 unspecified atom stereocenters. The first-order chi connectivity index (χ1) is 10.6. The van der Waals surface area contributed by atoms with Gasteiger partial charge in [-0.2, -0.15) is 0 Å². The van der Waals surface area contributed by atoms with Crippen LogP contribution in [0.2, 0.25) is 0 Å². The molecule has 6 nitrogen and oxygen atoms in total. The molecule has 0 aliphatic carbocycles. The fourth-order valence-electron chi connectivity index (χ4n) is 2.36. The highest BCUT2D eigenvalue weighted by Crippen LogP contribution is 2.26. The second-order valence-corrected chi connectivity index (χ2v) is 5.42. The number of nitrogens with one attached hydrogen (secondary N) is 1. The van der Waals surface area contributed by atoms with E-state index in [0.29, 0.717) is 19.6 Å². The third kappa shape index (κ3) is 4.54. The Morgan fingerprint density at radius 1 is 1.32 bits per heavy atom. The number of benzene rings is 1. The zero-order valence-corrected chi connectivity index (χ0v) is 12.9. The predicted octanol–water partition coefficient (Wildman–Crippen LogP) is 1.16. The summed E-state index contributed by atoms with van der Waals surface area (Å²) >= 11 is 0. The van der Waals surface area contributed by atoms with Crippen molar-refractivity contribution in [2.45, 2.75) is 25.8 Å². The average Bonchev–Trinajstić information content (AvgIpc) is 2.54. The van der Waals surface area contributed by atoms with Crippen molar-refractivity contribution in [2.24, 2.45) is 5.73 Å². The number of hydrogen-bond donors (Lipinski definition) is 2. The third-order valence-electron chi connectivity index (χ3n) is 3.73. The summed E-state index contributed by atoms with van der Waals surface area (Å²) in [5.41, 5.74) is 7.43. The number of para-hydroxylation sites is 2. The number of anilines is 2. The number of amides is 1. The Morgan fingerprint density at radius 2 is 2.00 bits per heavy atom. The maximum atomic E-state index is 12.1. The largest absolute Gasteiger partial charge is 0.378 e. The number of ketones is 1. The molecule has 1 amide bonds. The fourth-order valence-corrected chi connectivity index (χ4v) is 2.36. The Kier molecular flexibility index (Phi) is 5.91. The van der Waals surface area contributed by atoms with E-state index in [4.69, 9.17) is 10.5 Å². The SMILES string of the molecule is CC(=O)[C@@H](N)CCC(=O)Nc1ccccc1N1CCOCC1. The van der Waals surface area contributed by atoms with Gasteiger partial charge in [0, 0.05) is 19.5 Å². The molecule has 2 rings (SSSR count). The van der Waals surface area contributed by atoms with Gasteiger partial charge in [-0.25, -0.2) is 0 Å². The topological polar surface area (TPSA) is 84.7 Å². The van der Waals surface area contributed by atoms with Crippen LogP contribution in [0.15, 0.2) is 24.3 Å². The van der Waals surface area contributed by atoms with Crippen molar-refractivity contribution in [3.63, 3.8) is 0 Å². The number of carbonyl (C=O) groups excluding carboxylic acids is 2. The molecule has 6 heteroatoms. The Labute approximate surface area is 130 Å². The first kappa shape index (κ1) is 16.5. The van der Waals surface area contributed by atoms with E-state index in [2.05, 4.69) is 10.2 Å². The van der Waals surface area contributed by atoms with Crippen molar-refractivity contribution in [2.75, 3.05) is 36.5 Å². The molecule has 22 heavy (non-hydrogen) atoms. The van der Waals surface area contributed by atoms with Crippen molar-refractivity contribution in [3.8, 4) is 0 Å². The highest BCUT2D eigenvalue weighted by atomic mass is 16.5. The minimum absolute atomic E-state index is 0.0958. The lowest BCUT2D eigenvalue weighted by atomic mass is 10.1. The molecule has 1 aliphatic heterocycles. The maximum Gasteiger partial charge on any atom is 0.224 e. The van der Waals surface area contributed by atoms with Gasteiger partial charge in [0.1, 0.15) is 5.78 Å². The van der Waals surface area contributed by atoms with Gasteiger partial charge in [-0.15, -0.1) is 0 Å². The molecule has 1 saturated heterocycles. The number of nitrogens with zero attached hydrogens (tertiary/aromatic N) is 1. The highest BCUT2D eigenvalue weighted by molar-refractivity contribution is 5.94.